The van der Waals surface area contributed by atoms with Gasteiger partial charge in [-0.25, -0.2) is 8.78 Å². The number of halogens is 2. The molecule has 0 bridgehead atoms. The Morgan fingerprint density at radius 3 is 2.29 bits per heavy atom. The highest BCUT2D eigenvalue weighted by molar-refractivity contribution is 8.15. The Bertz CT molecular complexity index is 1120. The number of carbonyl (C=O) groups excluding carboxylic acids is 2. The van der Waals surface area contributed by atoms with Gasteiger partial charge in [0.1, 0.15) is 5.25 Å². The summed E-state index contributed by atoms with van der Waals surface area (Å²) in [5.41, 5.74) is 3.11. The first-order chi connectivity index (χ1) is 14.9. The van der Waals surface area contributed by atoms with Crippen LogP contribution in [0.3, 0.4) is 0 Å². The molecule has 158 valence electrons. The van der Waals surface area contributed by atoms with E-state index in [-0.39, 0.29) is 23.2 Å². The van der Waals surface area contributed by atoms with Crippen molar-refractivity contribution in [1.82, 2.24) is 10.6 Å². The Hall–Kier alpha value is -3.03. The van der Waals surface area contributed by atoms with Crippen LogP contribution >= 0.6 is 11.8 Å². The molecule has 3 atom stereocenters. The van der Waals surface area contributed by atoms with Gasteiger partial charge in [0.2, 0.25) is 5.91 Å². The maximum atomic E-state index is 13.8. The highest BCUT2D eigenvalue weighted by Gasteiger charge is 2.35. The van der Waals surface area contributed by atoms with Crippen molar-refractivity contribution < 1.29 is 18.4 Å². The highest BCUT2D eigenvalue weighted by Crippen LogP contribution is 2.39. The number of amides is 2. The lowest BCUT2D eigenvalue weighted by Gasteiger charge is -2.27. The van der Waals surface area contributed by atoms with E-state index in [0.29, 0.717) is 5.56 Å². The quantitative estimate of drug-likeness (QED) is 0.539. The number of hydrogen-bond acceptors (Lipinski definition) is 4. The Morgan fingerprint density at radius 2 is 1.61 bits per heavy atom. The fourth-order valence-corrected chi connectivity index (χ4v) is 4.59. The van der Waals surface area contributed by atoms with Crippen molar-refractivity contribution in [2.75, 3.05) is 0 Å². The molecule has 1 heterocycles. The summed E-state index contributed by atoms with van der Waals surface area (Å²) in [6.45, 7) is 1.87. The molecule has 1 fully saturated rings. The summed E-state index contributed by atoms with van der Waals surface area (Å²) in [6, 6.07) is 20.3. The summed E-state index contributed by atoms with van der Waals surface area (Å²) in [4.78, 5) is 24.1. The van der Waals surface area contributed by atoms with E-state index < -0.39 is 16.9 Å². The molecule has 1 aliphatic heterocycles. The molecule has 1 saturated heterocycles. The fourth-order valence-electron chi connectivity index (χ4n) is 3.71. The monoisotopic (exact) mass is 438 g/mol. The lowest BCUT2D eigenvalue weighted by molar-refractivity contribution is -0.119. The van der Waals surface area contributed by atoms with Gasteiger partial charge >= 0.3 is 0 Å². The van der Waals surface area contributed by atoms with E-state index in [1.807, 2.05) is 61.5 Å². The van der Waals surface area contributed by atoms with E-state index in [1.165, 1.54) is 6.07 Å². The Balaban J connectivity index is 1.74. The van der Waals surface area contributed by atoms with Crippen molar-refractivity contribution in [1.29, 1.82) is 0 Å². The molecule has 1 aliphatic rings. The third kappa shape index (κ3) is 4.52. The van der Waals surface area contributed by atoms with Crippen molar-refractivity contribution >= 4 is 22.9 Å². The summed E-state index contributed by atoms with van der Waals surface area (Å²) in [7, 11) is 0. The average molecular weight is 438 g/mol. The van der Waals surface area contributed by atoms with Crippen molar-refractivity contribution in [3.8, 4) is 0 Å². The second-order valence-corrected chi connectivity index (χ2v) is 8.39. The standard InChI is InChI=1S/C24H20F2N2O2S/c1-14(16-11-12-19(25)20(26)13-16)27-21(15-7-3-2-4-8-15)17-9-5-6-10-18(17)22-23(29)28-24(30)31-22/h2-14,21-22,27H,1H3,(H,28,29,30). The van der Waals surface area contributed by atoms with Crippen LogP contribution in [0.4, 0.5) is 13.6 Å². The molecule has 2 amide bonds. The molecule has 4 rings (SSSR count). The summed E-state index contributed by atoms with van der Waals surface area (Å²) in [5.74, 6) is -2.14. The van der Waals surface area contributed by atoms with Gasteiger partial charge < -0.3 is 0 Å². The number of hydrogen-bond donors (Lipinski definition) is 2. The summed E-state index contributed by atoms with van der Waals surface area (Å²) >= 11 is 0.954. The van der Waals surface area contributed by atoms with Gasteiger partial charge in [-0.15, -0.1) is 0 Å². The topological polar surface area (TPSA) is 58.2 Å². The lowest BCUT2D eigenvalue weighted by Crippen LogP contribution is -2.28. The van der Waals surface area contributed by atoms with E-state index in [2.05, 4.69) is 10.6 Å². The van der Waals surface area contributed by atoms with Gasteiger partial charge in [0, 0.05) is 6.04 Å². The number of thioether (sulfide) groups is 1. The van der Waals surface area contributed by atoms with Crippen LogP contribution in [-0.4, -0.2) is 11.1 Å². The molecule has 2 N–H and O–H groups in total. The van der Waals surface area contributed by atoms with Crippen LogP contribution < -0.4 is 10.6 Å². The number of rotatable bonds is 6. The Morgan fingerprint density at radius 1 is 0.903 bits per heavy atom. The molecule has 0 saturated carbocycles. The van der Waals surface area contributed by atoms with Crippen molar-refractivity contribution in [3.63, 3.8) is 0 Å². The molecule has 31 heavy (non-hydrogen) atoms. The summed E-state index contributed by atoms with van der Waals surface area (Å²) < 4.78 is 27.2. The number of imide groups is 1. The van der Waals surface area contributed by atoms with E-state index in [4.69, 9.17) is 0 Å². The predicted octanol–water partition coefficient (Wildman–Crippen LogP) is 5.43. The maximum Gasteiger partial charge on any atom is 0.286 e. The molecule has 7 heteroatoms. The van der Waals surface area contributed by atoms with Gasteiger partial charge in [0.05, 0.1) is 6.04 Å². The van der Waals surface area contributed by atoms with Gasteiger partial charge in [0.15, 0.2) is 11.6 Å². The van der Waals surface area contributed by atoms with Gasteiger partial charge in [-0.3, -0.25) is 20.2 Å². The molecule has 4 nitrogen and oxygen atoms in total. The Kier molecular flexibility index (Phi) is 6.15. The van der Waals surface area contributed by atoms with Gasteiger partial charge in [-0.1, -0.05) is 60.7 Å². The molecule has 3 aromatic rings. The minimum Gasteiger partial charge on any atom is -0.300 e. The van der Waals surface area contributed by atoms with E-state index >= 15 is 0 Å². The second-order valence-electron chi connectivity index (χ2n) is 7.31. The molecule has 0 spiro atoms. The van der Waals surface area contributed by atoms with Crippen LogP contribution in [0.2, 0.25) is 0 Å². The first kappa shape index (κ1) is 21.2. The van der Waals surface area contributed by atoms with Crippen LogP contribution in [0.25, 0.3) is 0 Å². The second kappa shape index (κ2) is 8.99. The first-order valence-corrected chi connectivity index (χ1v) is 10.7. The predicted molar refractivity (Wildman–Crippen MR) is 117 cm³/mol. The van der Waals surface area contributed by atoms with Crippen molar-refractivity contribution in [2.24, 2.45) is 0 Å². The SMILES string of the molecule is CC(NC(c1ccccc1)c1ccccc1C1SC(=O)NC1=O)c1ccc(F)c(F)c1. The van der Waals surface area contributed by atoms with E-state index in [0.717, 1.165) is 34.5 Å². The van der Waals surface area contributed by atoms with Gasteiger partial charge in [-0.2, -0.15) is 0 Å². The lowest BCUT2D eigenvalue weighted by atomic mass is 9.91. The summed E-state index contributed by atoms with van der Waals surface area (Å²) in [6.07, 6.45) is 0. The molecule has 0 radical (unpaired) electrons. The average Bonchev–Trinajstić information content (AvgIpc) is 3.12. The molecule has 3 aromatic carbocycles. The van der Waals surface area contributed by atoms with Gasteiger partial charge in [-0.05, 0) is 53.1 Å². The van der Waals surface area contributed by atoms with Crippen molar-refractivity contribution in [3.05, 3.63) is 107 Å². The zero-order chi connectivity index (χ0) is 22.0. The van der Waals surface area contributed by atoms with Crippen LogP contribution in [0.5, 0.6) is 0 Å². The maximum absolute atomic E-state index is 13.8. The molecular formula is C24H20F2N2O2S. The molecule has 3 unspecified atom stereocenters. The van der Waals surface area contributed by atoms with E-state index in [9.17, 15) is 18.4 Å². The minimum atomic E-state index is -0.902. The van der Waals surface area contributed by atoms with E-state index in [1.54, 1.807) is 6.07 Å². The van der Waals surface area contributed by atoms with Gasteiger partial charge in [0.25, 0.3) is 5.24 Å². The van der Waals surface area contributed by atoms with Crippen LogP contribution in [0.15, 0.2) is 72.8 Å². The zero-order valence-corrected chi connectivity index (χ0v) is 17.5. The summed E-state index contributed by atoms with van der Waals surface area (Å²) in [5, 5.41) is 4.81. The third-order valence-electron chi connectivity index (χ3n) is 5.27. The molecule has 0 aromatic heterocycles. The minimum absolute atomic E-state index is 0.319. The van der Waals surface area contributed by atoms with Crippen molar-refractivity contribution in [2.45, 2.75) is 24.3 Å². The smallest absolute Gasteiger partial charge is 0.286 e. The van der Waals surface area contributed by atoms with Crippen LogP contribution in [0.1, 0.15) is 46.5 Å². The highest BCUT2D eigenvalue weighted by atomic mass is 32.2. The number of carbonyl (C=O) groups is 2. The number of nitrogens with one attached hydrogen (secondary N) is 2. The first-order valence-electron chi connectivity index (χ1n) is 9.80. The fraction of sp³-hybridized carbons (Fsp3) is 0.167. The third-order valence-corrected chi connectivity index (χ3v) is 6.29. The zero-order valence-electron chi connectivity index (χ0n) is 16.6. The van der Waals surface area contributed by atoms with Crippen LogP contribution in [0, 0.1) is 11.6 Å². The largest absolute Gasteiger partial charge is 0.300 e. The number of benzene rings is 3. The molecular weight excluding hydrogens is 418 g/mol. The molecule has 0 aliphatic carbocycles. The normalized spacial score (nSPS) is 18.0. The van der Waals surface area contributed by atoms with Crippen LogP contribution in [-0.2, 0) is 4.79 Å². The Labute approximate surface area is 183 Å².